The first-order valence-electron chi connectivity index (χ1n) is 9.61. The maximum atomic E-state index is 13.0. The summed E-state index contributed by atoms with van der Waals surface area (Å²) < 4.78 is 0. The Hall–Kier alpha value is -2.44. The molecule has 3 N–H and O–H groups in total. The van der Waals surface area contributed by atoms with E-state index in [0.717, 1.165) is 31.5 Å². The number of anilines is 1. The molecule has 2 atom stereocenters. The Kier molecular flexibility index (Phi) is 4.85. The molecule has 2 fully saturated rings. The summed E-state index contributed by atoms with van der Waals surface area (Å²) in [5.41, 5.74) is 6.16. The van der Waals surface area contributed by atoms with Crippen LogP contribution in [0.1, 0.15) is 35.2 Å². The minimum absolute atomic E-state index is 0.0539. The minimum atomic E-state index is -0.943. The van der Waals surface area contributed by atoms with Gasteiger partial charge in [0.15, 0.2) is 0 Å². The highest BCUT2D eigenvalue weighted by molar-refractivity contribution is 5.94. The van der Waals surface area contributed by atoms with E-state index in [0.29, 0.717) is 30.9 Å². The van der Waals surface area contributed by atoms with Crippen molar-refractivity contribution in [3.05, 3.63) is 59.8 Å². The first kappa shape index (κ1) is 17.9. The van der Waals surface area contributed by atoms with Crippen molar-refractivity contribution in [1.29, 1.82) is 0 Å². The van der Waals surface area contributed by atoms with Gasteiger partial charge >= 0.3 is 0 Å². The number of benzene rings is 1. The number of likely N-dealkylation sites (tertiary alicyclic amines) is 2. The van der Waals surface area contributed by atoms with E-state index in [-0.39, 0.29) is 11.9 Å². The topological polar surface area (TPSA) is 82.7 Å². The average Bonchev–Trinajstić information content (AvgIpc) is 3.23. The summed E-state index contributed by atoms with van der Waals surface area (Å²) in [7, 11) is 0. The molecule has 27 heavy (non-hydrogen) atoms. The Morgan fingerprint density at radius 3 is 2.52 bits per heavy atom. The zero-order chi connectivity index (χ0) is 18.9. The predicted octanol–water partition coefficient (Wildman–Crippen LogP) is 1.86. The van der Waals surface area contributed by atoms with Crippen LogP contribution in [0, 0.1) is 0 Å². The number of hydrogen-bond donors (Lipinski definition) is 2. The molecular formula is C21H26N4O2. The van der Waals surface area contributed by atoms with Gasteiger partial charge in [-0.05, 0) is 50.0 Å². The number of piperidine rings is 1. The summed E-state index contributed by atoms with van der Waals surface area (Å²) in [5, 5.41) is 11.7. The van der Waals surface area contributed by atoms with E-state index in [1.165, 1.54) is 6.20 Å². The van der Waals surface area contributed by atoms with Gasteiger partial charge in [-0.25, -0.2) is 4.98 Å². The highest BCUT2D eigenvalue weighted by atomic mass is 16.3. The number of rotatable bonds is 3. The molecule has 3 heterocycles. The van der Waals surface area contributed by atoms with E-state index in [1.807, 2.05) is 35.2 Å². The fourth-order valence-electron chi connectivity index (χ4n) is 4.36. The number of pyridine rings is 1. The summed E-state index contributed by atoms with van der Waals surface area (Å²) in [6.07, 6.45) is 4.32. The van der Waals surface area contributed by atoms with Crippen molar-refractivity contribution < 1.29 is 9.90 Å². The highest BCUT2D eigenvalue weighted by Gasteiger charge is 2.47. The molecule has 0 radical (unpaired) electrons. The van der Waals surface area contributed by atoms with Crippen LogP contribution in [0.2, 0.25) is 0 Å². The third-order valence-corrected chi connectivity index (χ3v) is 5.88. The van der Waals surface area contributed by atoms with Crippen molar-refractivity contribution >= 4 is 11.7 Å². The van der Waals surface area contributed by atoms with Gasteiger partial charge in [0.1, 0.15) is 11.4 Å². The van der Waals surface area contributed by atoms with Gasteiger partial charge in [0.25, 0.3) is 5.91 Å². The van der Waals surface area contributed by atoms with Gasteiger partial charge in [-0.1, -0.05) is 30.3 Å². The molecule has 0 aliphatic carbocycles. The van der Waals surface area contributed by atoms with Crippen LogP contribution in [0.4, 0.5) is 5.82 Å². The maximum absolute atomic E-state index is 13.0. The van der Waals surface area contributed by atoms with Crippen molar-refractivity contribution in [2.75, 3.05) is 31.9 Å². The van der Waals surface area contributed by atoms with Crippen molar-refractivity contribution in [2.45, 2.75) is 30.9 Å². The number of amides is 1. The average molecular weight is 366 g/mol. The van der Waals surface area contributed by atoms with Gasteiger partial charge in [-0.2, -0.15) is 0 Å². The molecule has 2 saturated heterocycles. The highest BCUT2D eigenvalue weighted by Crippen LogP contribution is 2.37. The van der Waals surface area contributed by atoms with E-state index >= 15 is 0 Å². The lowest BCUT2D eigenvalue weighted by Gasteiger charge is -2.48. The summed E-state index contributed by atoms with van der Waals surface area (Å²) in [5.74, 6) is 0.348. The summed E-state index contributed by atoms with van der Waals surface area (Å²) in [4.78, 5) is 21.2. The number of hydrogen-bond acceptors (Lipinski definition) is 5. The molecule has 2 aliphatic heterocycles. The Labute approximate surface area is 159 Å². The molecule has 6 nitrogen and oxygen atoms in total. The second-order valence-electron chi connectivity index (χ2n) is 7.52. The van der Waals surface area contributed by atoms with Crippen molar-refractivity contribution in [2.24, 2.45) is 0 Å². The number of aliphatic hydroxyl groups is 1. The lowest BCUT2D eigenvalue weighted by molar-refractivity contribution is -0.0878. The number of carbonyl (C=O) groups is 1. The van der Waals surface area contributed by atoms with Crippen LogP contribution < -0.4 is 5.73 Å². The fraction of sp³-hybridized carbons (Fsp3) is 0.429. The van der Waals surface area contributed by atoms with E-state index in [2.05, 4.69) is 9.88 Å². The number of nitrogens with zero attached hydrogens (tertiary/aromatic N) is 3. The van der Waals surface area contributed by atoms with Gasteiger partial charge in [-0.3, -0.25) is 9.69 Å². The lowest BCUT2D eigenvalue weighted by atomic mass is 9.79. The van der Waals surface area contributed by atoms with Crippen LogP contribution in [0.3, 0.4) is 0 Å². The molecule has 142 valence electrons. The molecule has 1 aromatic carbocycles. The van der Waals surface area contributed by atoms with Gasteiger partial charge in [0, 0.05) is 19.3 Å². The molecule has 1 amide bonds. The van der Waals surface area contributed by atoms with Crippen molar-refractivity contribution in [3.63, 3.8) is 0 Å². The molecule has 4 rings (SSSR count). The zero-order valence-electron chi connectivity index (χ0n) is 15.4. The standard InChI is InChI=1S/C21H26N4O2/c22-19-9-8-16(14-23-19)20(26)25-13-10-21(27,17-6-2-1-3-7-17)18(15-25)24-11-4-5-12-24/h1-3,6-9,14,18,27H,4-5,10-13,15H2,(H2,22,23)/t18-,21+/m1/s1. The summed E-state index contributed by atoms with van der Waals surface area (Å²) in [6.45, 7) is 2.95. The minimum Gasteiger partial charge on any atom is -0.384 e. The number of aromatic nitrogens is 1. The lowest BCUT2D eigenvalue weighted by Crippen LogP contribution is -2.61. The molecular weight excluding hydrogens is 340 g/mol. The van der Waals surface area contributed by atoms with E-state index in [4.69, 9.17) is 5.73 Å². The van der Waals surface area contributed by atoms with Crippen LogP contribution in [-0.2, 0) is 5.60 Å². The SMILES string of the molecule is Nc1ccc(C(=O)N2CC[C@](O)(c3ccccc3)[C@H](N3CCCC3)C2)cn1. The molecule has 0 unspecified atom stereocenters. The number of nitrogens with two attached hydrogens (primary N) is 1. The monoisotopic (exact) mass is 366 g/mol. The summed E-state index contributed by atoms with van der Waals surface area (Å²) in [6, 6.07) is 13.1. The van der Waals surface area contributed by atoms with Crippen LogP contribution in [0.5, 0.6) is 0 Å². The summed E-state index contributed by atoms with van der Waals surface area (Å²) >= 11 is 0. The molecule has 0 bridgehead atoms. The Morgan fingerprint density at radius 2 is 1.85 bits per heavy atom. The normalized spacial score (nSPS) is 26.3. The first-order chi connectivity index (χ1) is 13.1. The molecule has 6 heteroatoms. The zero-order valence-corrected chi connectivity index (χ0v) is 15.4. The Balaban J connectivity index is 1.61. The number of carbonyl (C=O) groups excluding carboxylic acids is 1. The van der Waals surface area contributed by atoms with Crippen molar-refractivity contribution in [3.8, 4) is 0 Å². The second kappa shape index (κ2) is 7.29. The number of nitrogen functional groups attached to an aromatic ring is 1. The van der Waals surface area contributed by atoms with Crippen molar-refractivity contribution in [1.82, 2.24) is 14.8 Å². The van der Waals surface area contributed by atoms with Crippen LogP contribution in [0.25, 0.3) is 0 Å². The largest absolute Gasteiger partial charge is 0.384 e. The third kappa shape index (κ3) is 3.42. The molecule has 2 aliphatic rings. The smallest absolute Gasteiger partial charge is 0.255 e. The van der Waals surface area contributed by atoms with Gasteiger partial charge < -0.3 is 15.7 Å². The van der Waals surface area contributed by atoms with Gasteiger partial charge in [0.05, 0.1) is 11.6 Å². The molecule has 0 spiro atoms. The van der Waals surface area contributed by atoms with E-state index in [1.54, 1.807) is 12.1 Å². The second-order valence-corrected chi connectivity index (χ2v) is 7.52. The van der Waals surface area contributed by atoms with E-state index < -0.39 is 5.60 Å². The quantitative estimate of drug-likeness (QED) is 0.866. The Bertz CT molecular complexity index is 790. The van der Waals surface area contributed by atoms with E-state index in [9.17, 15) is 9.90 Å². The van der Waals surface area contributed by atoms with Gasteiger partial charge in [-0.15, -0.1) is 0 Å². The van der Waals surface area contributed by atoms with Crippen LogP contribution >= 0.6 is 0 Å². The molecule has 2 aromatic rings. The maximum Gasteiger partial charge on any atom is 0.255 e. The molecule has 1 aromatic heterocycles. The van der Waals surface area contributed by atoms with Crippen LogP contribution in [-0.4, -0.2) is 58.0 Å². The third-order valence-electron chi connectivity index (χ3n) is 5.88. The van der Waals surface area contributed by atoms with Gasteiger partial charge in [0.2, 0.25) is 0 Å². The fourth-order valence-corrected chi connectivity index (χ4v) is 4.36. The Morgan fingerprint density at radius 1 is 1.11 bits per heavy atom. The predicted molar refractivity (Wildman–Crippen MR) is 104 cm³/mol. The first-order valence-corrected chi connectivity index (χ1v) is 9.61. The van der Waals surface area contributed by atoms with Crippen LogP contribution in [0.15, 0.2) is 48.7 Å². The molecule has 0 saturated carbocycles.